The molecule has 0 heterocycles. The molecule has 140 valence electrons. The van der Waals surface area contributed by atoms with Crippen molar-refractivity contribution in [3.63, 3.8) is 0 Å². The van der Waals surface area contributed by atoms with Crippen LogP contribution in [-0.2, 0) is 16.0 Å². The minimum absolute atomic E-state index is 0.00299. The Kier molecular flexibility index (Phi) is 6.35. The van der Waals surface area contributed by atoms with Gasteiger partial charge in [-0.15, -0.1) is 0 Å². The van der Waals surface area contributed by atoms with Gasteiger partial charge in [-0.25, -0.2) is 0 Å². The number of carbonyl (C=O) groups excluding carboxylic acids is 1. The van der Waals surface area contributed by atoms with Crippen LogP contribution in [0.5, 0.6) is 0 Å². The Morgan fingerprint density at radius 2 is 1.84 bits per heavy atom. The van der Waals surface area contributed by atoms with Crippen molar-refractivity contribution >= 4 is 5.97 Å². The fraction of sp³-hybridized carbons (Fsp3) is 0.696. The first-order valence-corrected chi connectivity index (χ1v) is 9.86. The lowest BCUT2D eigenvalue weighted by Crippen LogP contribution is -2.31. The smallest absolute Gasteiger partial charge is 0.309 e. The molecule has 2 heteroatoms. The van der Waals surface area contributed by atoms with E-state index in [1.54, 1.807) is 0 Å². The Morgan fingerprint density at radius 3 is 2.48 bits per heavy atom. The maximum absolute atomic E-state index is 12.6. The molecule has 0 aromatic heterocycles. The van der Waals surface area contributed by atoms with Crippen molar-refractivity contribution in [1.82, 2.24) is 0 Å². The second-order valence-corrected chi connectivity index (χ2v) is 9.22. The molecule has 25 heavy (non-hydrogen) atoms. The maximum Gasteiger partial charge on any atom is 0.309 e. The molecule has 1 aliphatic rings. The summed E-state index contributed by atoms with van der Waals surface area (Å²) in [4.78, 5) is 12.6. The number of benzene rings is 1. The van der Waals surface area contributed by atoms with Gasteiger partial charge in [0.1, 0.15) is 5.60 Å². The van der Waals surface area contributed by atoms with Gasteiger partial charge in [0, 0.05) is 0 Å². The van der Waals surface area contributed by atoms with Gasteiger partial charge in [0.05, 0.1) is 5.92 Å². The van der Waals surface area contributed by atoms with E-state index in [0.29, 0.717) is 11.8 Å². The van der Waals surface area contributed by atoms with E-state index in [1.165, 1.54) is 28.7 Å². The van der Waals surface area contributed by atoms with Crippen molar-refractivity contribution < 1.29 is 9.53 Å². The van der Waals surface area contributed by atoms with Crippen LogP contribution >= 0.6 is 0 Å². The van der Waals surface area contributed by atoms with Crippen molar-refractivity contribution in [2.75, 3.05) is 0 Å². The normalized spacial score (nSPS) is 24.7. The second-order valence-electron chi connectivity index (χ2n) is 9.22. The van der Waals surface area contributed by atoms with E-state index >= 15 is 0 Å². The van der Waals surface area contributed by atoms with Crippen LogP contribution in [0.3, 0.4) is 0 Å². The zero-order valence-corrected chi connectivity index (χ0v) is 17.2. The number of hydrogen-bond donors (Lipinski definition) is 0. The third-order valence-electron chi connectivity index (χ3n) is 5.66. The third-order valence-corrected chi connectivity index (χ3v) is 5.66. The Labute approximate surface area is 154 Å². The summed E-state index contributed by atoms with van der Waals surface area (Å²) in [7, 11) is 0. The molecule has 1 fully saturated rings. The van der Waals surface area contributed by atoms with E-state index in [9.17, 15) is 4.79 Å². The first-order valence-electron chi connectivity index (χ1n) is 9.86. The van der Waals surface area contributed by atoms with E-state index in [-0.39, 0.29) is 11.9 Å². The van der Waals surface area contributed by atoms with Crippen LogP contribution in [-0.4, -0.2) is 11.6 Å². The summed E-state index contributed by atoms with van der Waals surface area (Å²) in [5.74, 6) is 1.13. The Balaban J connectivity index is 2.06. The molecular formula is C23H36O2. The Morgan fingerprint density at radius 1 is 1.16 bits per heavy atom. The van der Waals surface area contributed by atoms with Gasteiger partial charge < -0.3 is 4.74 Å². The fourth-order valence-electron chi connectivity index (χ4n) is 4.28. The lowest BCUT2D eigenvalue weighted by Gasteiger charge is -2.27. The van der Waals surface area contributed by atoms with Crippen LogP contribution in [0.1, 0.15) is 75.6 Å². The van der Waals surface area contributed by atoms with E-state index < -0.39 is 5.60 Å². The molecule has 1 saturated carbocycles. The molecule has 2 rings (SSSR count). The Hall–Kier alpha value is -1.31. The first-order chi connectivity index (χ1) is 11.6. The molecule has 0 N–H and O–H groups in total. The van der Waals surface area contributed by atoms with E-state index in [2.05, 4.69) is 39.8 Å². The third kappa shape index (κ3) is 5.59. The molecule has 0 radical (unpaired) electrons. The molecule has 3 atom stereocenters. The topological polar surface area (TPSA) is 26.3 Å². The number of esters is 1. The second kappa shape index (κ2) is 7.93. The van der Waals surface area contributed by atoms with Gasteiger partial charge >= 0.3 is 5.97 Å². The van der Waals surface area contributed by atoms with Gasteiger partial charge in [0.15, 0.2) is 0 Å². The molecule has 0 bridgehead atoms. The summed E-state index contributed by atoms with van der Waals surface area (Å²) in [5.41, 5.74) is 5.28. The SMILES string of the molecule is Cc1cc(C)c(C)c(CC2CCCC(C(=O)OC(C)(C)C)[C@@H](C)C2)c1. The predicted octanol–water partition coefficient (Wildman–Crippen LogP) is 5.94. The number of aryl methyl sites for hydroxylation is 2. The van der Waals surface area contributed by atoms with Crippen molar-refractivity contribution in [3.8, 4) is 0 Å². The van der Waals surface area contributed by atoms with E-state index in [4.69, 9.17) is 4.74 Å². The van der Waals surface area contributed by atoms with Crippen LogP contribution in [0.2, 0.25) is 0 Å². The average molecular weight is 345 g/mol. The van der Waals surface area contributed by atoms with E-state index in [0.717, 1.165) is 25.7 Å². The summed E-state index contributed by atoms with van der Waals surface area (Å²) >= 11 is 0. The molecule has 1 aromatic carbocycles. The summed E-state index contributed by atoms with van der Waals surface area (Å²) in [6.07, 6.45) is 5.58. The minimum Gasteiger partial charge on any atom is -0.460 e. The highest BCUT2D eigenvalue weighted by atomic mass is 16.6. The van der Waals surface area contributed by atoms with Gasteiger partial charge in [-0.1, -0.05) is 37.5 Å². The highest BCUT2D eigenvalue weighted by Crippen LogP contribution is 2.36. The van der Waals surface area contributed by atoms with Crippen molar-refractivity contribution in [2.24, 2.45) is 17.8 Å². The minimum atomic E-state index is -0.390. The lowest BCUT2D eigenvalue weighted by molar-refractivity contribution is -0.162. The van der Waals surface area contributed by atoms with Gasteiger partial charge in [0.2, 0.25) is 0 Å². The van der Waals surface area contributed by atoms with Crippen molar-refractivity contribution in [1.29, 1.82) is 0 Å². The van der Waals surface area contributed by atoms with Gasteiger partial charge in [-0.05, 0) is 89.3 Å². The van der Waals surface area contributed by atoms with Crippen LogP contribution in [0.4, 0.5) is 0 Å². The average Bonchev–Trinajstić information content (AvgIpc) is 2.63. The van der Waals surface area contributed by atoms with Crippen molar-refractivity contribution in [3.05, 3.63) is 34.4 Å². The first kappa shape index (κ1) is 20.0. The van der Waals surface area contributed by atoms with Crippen LogP contribution in [0.15, 0.2) is 12.1 Å². The molecule has 0 amide bonds. The predicted molar refractivity (Wildman–Crippen MR) is 105 cm³/mol. The number of hydrogen-bond acceptors (Lipinski definition) is 2. The molecule has 0 spiro atoms. The summed E-state index contributed by atoms with van der Waals surface area (Å²) in [5, 5.41) is 0. The van der Waals surface area contributed by atoms with Crippen LogP contribution in [0.25, 0.3) is 0 Å². The van der Waals surface area contributed by atoms with Gasteiger partial charge in [0.25, 0.3) is 0 Å². The van der Waals surface area contributed by atoms with Gasteiger partial charge in [-0.3, -0.25) is 4.79 Å². The van der Waals surface area contributed by atoms with Gasteiger partial charge in [-0.2, -0.15) is 0 Å². The highest BCUT2D eigenvalue weighted by molar-refractivity contribution is 5.73. The molecule has 0 aliphatic heterocycles. The maximum atomic E-state index is 12.6. The zero-order chi connectivity index (χ0) is 18.8. The molecule has 2 unspecified atom stereocenters. The fourth-order valence-corrected chi connectivity index (χ4v) is 4.28. The largest absolute Gasteiger partial charge is 0.460 e. The van der Waals surface area contributed by atoms with E-state index in [1.807, 2.05) is 20.8 Å². The monoisotopic (exact) mass is 344 g/mol. The summed E-state index contributed by atoms with van der Waals surface area (Å²) in [6.45, 7) is 14.7. The molecule has 1 aromatic rings. The lowest BCUT2D eigenvalue weighted by atomic mass is 9.83. The standard InChI is InChI=1S/C23H36O2/c1-15-11-16(2)18(4)20(12-15)14-19-9-8-10-21(17(3)13-19)22(24)25-23(5,6)7/h11-12,17,19,21H,8-10,13-14H2,1-7H3/t17-,19?,21?/m0/s1. The quantitative estimate of drug-likeness (QED) is 0.501. The van der Waals surface area contributed by atoms with Crippen molar-refractivity contribution in [2.45, 2.75) is 86.2 Å². The molecule has 2 nitrogen and oxygen atoms in total. The molecule has 0 saturated heterocycles. The number of rotatable bonds is 3. The molecule has 1 aliphatic carbocycles. The van der Waals surface area contributed by atoms with Crippen LogP contribution < -0.4 is 0 Å². The number of ether oxygens (including phenoxy) is 1. The zero-order valence-electron chi connectivity index (χ0n) is 17.2. The summed E-state index contributed by atoms with van der Waals surface area (Å²) < 4.78 is 5.67. The summed E-state index contributed by atoms with van der Waals surface area (Å²) in [6, 6.07) is 4.62. The number of carbonyl (C=O) groups is 1. The van der Waals surface area contributed by atoms with Crippen LogP contribution in [0, 0.1) is 38.5 Å². The highest BCUT2D eigenvalue weighted by Gasteiger charge is 2.33. The molecular weight excluding hydrogens is 308 g/mol. The Bertz CT molecular complexity index is 609.